The Morgan fingerprint density at radius 3 is 2.75 bits per heavy atom. The van der Waals surface area contributed by atoms with Crippen molar-refractivity contribution in [2.45, 2.75) is 19.9 Å². The van der Waals surface area contributed by atoms with Crippen molar-refractivity contribution in [1.82, 2.24) is 29.6 Å². The third kappa shape index (κ3) is 4.60. The van der Waals surface area contributed by atoms with Crippen LogP contribution in [0, 0.1) is 18.3 Å². The van der Waals surface area contributed by atoms with E-state index in [0.29, 0.717) is 74.8 Å². The van der Waals surface area contributed by atoms with Gasteiger partial charge >= 0.3 is 0 Å². The topological polar surface area (TPSA) is 133 Å². The molecule has 32 heavy (non-hydrogen) atoms. The van der Waals surface area contributed by atoms with Gasteiger partial charge in [-0.3, -0.25) is 9.59 Å². The van der Waals surface area contributed by atoms with Gasteiger partial charge in [-0.25, -0.2) is 15.1 Å². The van der Waals surface area contributed by atoms with Crippen molar-refractivity contribution in [2.24, 2.45) is 0 Å². The molecule has 3 aromatic rings. The number of nitrogens with one attached hydrogen (secondary N) is 1. The lowest BCUT2D eigenvalue weighted by Gasteiger charge is -2.35. The number of aromatic nitrogens is 5. The number of ether oxygens (including phenoxy) is 1. The zero-order valence-electron chi connectivity index (χ0n) is 17.8. The van der Waals surface area contributed by atoms with Gasteiger partial charge in [-0.05, 0) is 19.1 Å². The van der Waals surface area contributed by atoms with Crippen LogP contribution in [0.15, 0.2) is 29.3 Å². The smallest absolute Gasteiger partial charge is 0.292 e. The predicted molar refractivity (Wildman–Crippen MR) is 116 cm³/mol. The highest BCUT2D eigenvalue weighted by Gasteiger charge is 2.21. The van der Waals surface area contributed by atoms with Gasteiger partial charge in [-0.2, -0.15) is 10.4 Å². The summed E-state index contributed by atoms with van der Waals surface area (Å²) in [7, 11) is 0. The van der Waals surface area contributed by atoms with Crippen LogP contribution in [0.2, 0.25) is 0 Å². The average Bonchev–Trinajstić information content (AvgIpc) is 3.15. The summed E-state index contributed by atoms with van der Waals surface area (Å²) < 4.78 is 7.55. The number of aryl methyl sites for hydroxylation is 1. The molecule has 11 nitrogen and oxygen atoms in total. The largest absolute Gasteiger partial charge is 0.379 e. The maximum Gasteiger partial charge on any atom is 0.292 e. The van der Waals surface area contributed by atoms with Crippen LogP contribution in [0.1, 0.15) is 17.8 Å². The molecule has 0 aliphatic carbocycles. The number of hydrogen-bond acceptors (Lipinski definition) is 8. The maximum absolute atomic E-state index is 12.5. The molecule has 166 valence electrons. The van der Waals surface area contributed by atoms with E-state index in [9.17, 15) is 9.59 Å². The number of carbonyl (C=O) groups excluding carboxylic acids is 1. The fourth-order valence-electron chi connectivity index (χ4n) is 3.77. The first kappa shape index (κ1) is 21.5. The van der Waals surface area contributed by atoms with Crippen molar-refractivity contribution in [2.75, 3.05) is 44.3 Å². The highest BCUT2D eigenvalue weighted by atomic mass is 16.5. The van der Waals surface area contributed by atoms with E-state index in [1.165, 1.54) is 0 Å². The molecule has 1 N–H and O–H groups in total. The molecule has 1 fully saturated rings. The van der Waals surface area contributed by atoms with Crippen LogP contribution in [0.4, 0.5) is 5.82 Å². The second-order valence-corrected chi connectivity index (χ2v) is 7.49. The van der Waals surface area contributed by atoms with Gasteiger partial charge < -0.3 is 19.1 Å². The first-order valence-electron chi connectivity index (χ1n) is 10.4. The molecule has 1 aliphatic heterocycles. The van der Waals surface area contributed by atoms with Crippen molar-refractivity contribution in [1.29, 1.82) is 5.26 Å². The summed E-state index contributed by atoms with van der Waals surface area (Å²) in [6.07, 6.45) is 3.46. The van der Waals surface area contributed by atoms with Crippen LogP contribution in [-0.2, 0) is 16.1 Å². The van der Waals surface area contributed by atoms with Crippen molar-refractivity contribution in [3.63, 3.8) is 0 Å². The summed E-state index contributed by atoms with van der Waals surface area (Å²) >= 11 is 0. The number of hydrogen-bond donors (Lipinski definition) is 1. The van der Waals surface area contributed by atoms with Gasteiger partial charge in [0, 0.05) is 38.9 Å². The van der Waals surface area contributed by atoms with Crippen molar-refractivity contribution < 1.29 is 9.53 Å². The van der Waals surface area contributed by atoms with Gasteiger partial charge in [-0.1, -0.05) is 0 Å². The van der Waals surface area contributed by atoms with Gasteiger partial charge in [0.1, 0.15) is 17.7 Å². The average molecular weight is 436 g/mol. The van der Waals surface area contributed by atoms with Crippen LogP contribution in [0.5, 0.6) is 0 Å². The SMILES string of the molecule is Cc1nc2c(=O)[nH]ncc2n1CCOCCC(=O)N1CCN(c2ccc(C#N)cn2)CC1. The number of H-pyrrole nitrogens is 1. The third-order valence-corrected chi connectivity index (χ3v) is 5.52. The van der Waals surface area contributed by atoms with E-state index < -0.39 is 0 Å². The first-order valence-corrected chi connectivity index (χ1v) is 10.4. The number of amides is 1. The maximum atomic E-state index is 12.5. The molecule has 0 unspecified atom stereocenters. The first-order chi connectivity index (χ1) is 15.6. The second-order valence-electron chi connectivity index (χ2n) is 7.49. The van der Waals surface area contributed by atoms with Crippen LogP contribution in [0.3, 0.4) is 0 Å². The molecule has 0 atom stereocenters. The number of nitrogens with zero attached hydrogens (tertiary/aromatic N) is 7. The summed E-state index contributed by atoms with van der Waals surface area (Å²) in [6, 6.07) is 5.65. The number of imidazole rings is 1. The zero-order chi connectivity index (χ0) is 22.5. The molecule has 1 aliphatic rings. The predicted octanol–water partition coefficient (Wildman–Crippen LogP) is 0.450. The Hall–Kier alpha value is -3.78. The number of pyridine rings is 1. The van der Waals surface area contributed by atoms with Crippen molar-refractivity contribution in [3.8, 4) is 6.07 Å². The Morgan fingerprint density at radius 1 is 1.22 bits per heavy atom. The Labute approximate surface area is 184 Å². The van der Waals surface area contributed by atoms with E-state index in [-0.39, 0.29) is 11.5 Å². The van der Waals surface area contributed by atoms with Gasteiger partial charge in [0.05, 0.1) is 36.9 Å². The summed E-state index contributed by atoms with van der Waals surface area (Å²) in [6.45, 7) is 5.75. The summed E-state index contributed by atoms with van der Waals surface area (Å²) in [5, 5.41) is 15.1. The molecule has 0 saturated carbocycles. The molecule has 0 aromatic carbocycles. The fourth-order valence-corrected chi connectivity index (χ4v) is 3.77. The minimum Gasteiger partial charge on any atom is -0.379 e. The number of nitriles is 1. The Morgan fingerprint density at radius 2 is 2.03 bits per heavy atom. The number of piperazine rings is 1. The van der Waals surface area contributed by atoms with Crippen LogP contribution in [-0.4, -0.2) is 74.9 Å². The lowest BCUT2D eigenvalue weighted by Crippen LogP contribution is -2.49. The minimum atomic E-state index is -0.314. The van der Waals surface area contributed by atoms with Crippen LogP contribution < -0.4 is 10.5 Å². The Bertz CT molecular complexity index is 1190. The quantitative estimate of drug-likeness (QED) is 0.528. The highest BCUT2D eigenvalue weighted by Crippen LogP contribution is 2.14. The lowest BCUT2D eigenvalue weighted by atomic mass is 10.2. The van der Waals surface area contributed by atoms with E-state index in [1.807, 2.05) is 22.5 Å². The van der Waals surface area contributed by atoms with Gasteiger partial charge in [-0.15, -0.1) is 0 Å². The molecule has 0 radical (unpaired) electrons. The van der Waals surface area contributed by atoms with E-state index >= 15 is 0 Å². The van der Waals surface area contributed by atoms with Gasteiger partial charge in [0.15, 0.2) is 5.52 Å². The van der Waals surface area contributed by atoms with Gasteiger partial charge in [0.25, 0.3) is 5.56 Å². The Balaban J connectivity index is 1.19. The molecule has 4 rings (SSSR count). The molecule has 1 saturated heterocycles. The van der Waals surface area contributed by atoms with E-state index in [2.05, 4.69) is 31.1 Å². The number of fused-ring (bicyclic) bond motifs is 1. The zero-order valence-corrected chi connectivity index (χ0v) is 17.8. The third-order valence-electron chi connectivity index (χ3n) is 5.52. The lowest BCUT2D eigenvalue weighted by molar-refractivity contribution is -0.132. The molecule has 0 spiro atoms. The standard InChI is InChI=1S/C21H24N8O3/c1-15-25-20-17(14-24-26-21(20)31)29(15)9-11-32-10-4-19(30)28-7-5-27(6-8-28)18-3-2-16(12-22)13-23-18/h2-3,13-14H,4-11H2,1H3,(H,26,31). The number of carbonyl (C=O) groups is 1. The molecule has 1 amide bonds. The molecular formula is C21H24N8O3. The van der Waals surface area contributed by atoms with Crippen LogP contribution in [0.25, 0.3) is 11.0 Å². The number of anilines is 1. The summed E-state index contributed by atoms with van der Waals surface area (Å²) in [5.74, 6) is 1.60. The molecule has 4 heterocycles. The van der Waals surface area contributed by atoms with Crippen molar-refractivity contribution in [3.05, 3.63) is 46.3 Å². The monoisotopic (exact) mass is 436 g/mol. The normalized spacial score (nSPS) is 14.0. The number of rotatable bonds is 7. The molecule has 0 bridgehead atoms. The fraction of sp³-hybridized carbons (Fsp3) is 0.429. The van der Waals surface area contributed by atoms with Crippen LogP contribution >= 0.6 is 0 Å². The number of aromatic amines is 1. The van der Waals surface area contributed by atoms with Gasteiger partial charge in [0.2, 0.25) is 5.91 Å². The van der Waals surface area contributed by atoms with E-state index in [1.54, 1.807) is 18.5 Å². The molecule has 3 aromatic heterocycles. The van der Waals surface area contributed by atoms with E-state index in [4.69, 9.17) is 10.00 Å². The molecular weight excluding hydrogens is 412 g/mol. The minimum absolute atomic E-state index is 0.0671. The summed E-state index contributed by atoms with van der Waals surface area (Å²) in [5.41, 5.74) is 1.25. The van der Waals surface area contributed by atoms with E-state index in [0.717, 1.165) is 5.82 Å². The second kappa shape index (κ2) is 9.57. The van der Waals surface area contributed by atoms with Crippen molar-refractivity contribution >= 4 is 22.8 Å². The summed E-state index contributed by atoms with van der Waals surface area (Å²) in [4.78, 5) is 36.8. The Kier molecular flexibility index (Phi) is 6.42. The highest BCUT2D eigenvalue weighted by molar-refractivity contribution is 5.76. The molecule has 11 heteroatoms.